The van der Waals surface area contributed by atoms with Gasteiger partial charge in [0, 0.05) is 36.7 Å². The lowest BCUT2D eigenvalue weighted by Gasteiger charge is -2.11. The highest BCUT2D eigenvalue weighted by molar-refractivity contribution is 6.35. The summed E-state index contributed by atoms with van der Waals surface area (Å²) in [4.78, 5) is 11.0. The molecule has 0 radical (unpaired) electrons. The minimum absolute atomic E-state index is 0.110. The third-order valence-corrected chi connectivity index (χ3v) is 4.15. The molecule has 0 amide bonds. The van der Waals surface area contributed by atoms with E-state index in [0.717, 1.165) is 21.5 Å². The van der Waals surface area contributed by atoms with Crippen molar-refractivity contribution >= 4 is 28.5 Å². The third-order valence-electron chi connectivity index (χ3n) is 3.85. The fourth-order valence-corrected chi connectivity index (χ4v) is 3.05. The van der Waals surface area contributed by atoms with Crippen molar-refractivity contribution in [1.82, 2.24) is 9.88 Å². The molecule has 0 bridgehead atoms. The van der Waals surface area contributed by atoms with Gasteiger partial charge in [-0.3, -0.25) is 4.79 Å². The Morgan fingerprint density at radius 3 is 3.00 bits per heavy atom. The summed E-state index contributed by atoms with van der Waals surface area (Å²) in [7, 11) is 1.96. The van der Waals surface area contributed by atoms with Crippen LogP contribution in [0.15, 0.2) is 24.4 Å². The maximum absolute atomic E-state index is 11.0. The quantitative estimate of drug-likeness (QED) is 0.888. The summed E-state index contributed by atoms with van der Waals surface area (Å²) in [5.74, 6) is -1.02. The van der Waals surface area contributed by atoms with E-state index in [9.17, 15) is 4.79 Å². The number of aliphatic carboxylic acids is 1. The summed E-state index contributed by atoms with van der Waals surface area (Å²) in [6, 6.07) is 6.22. The maximum atomic E-state index is 11.0. The fraction of sp³-hybridized carbons (Fsp3) is 0.357. The minimum Gasteiger partial charge on any atom is -0.481 e. The van der Waals surface area contributed by atoms with Crippen LogP contribution in [0.5, 0.6) is 0 Å². The first-order valence-electron chi connectivity index (χ1n) is 6.27. The van der Waals surface area contributed by atoms with Gasteiger partial charge in [-0.2, -0.15) is 0 Å². The molecule has 1 aliphatic heterocycles. The number of nitrogens with one attached hydrogen (secondary N) is 1. The number of hydrogen-bond acceptors (Lipinski definition) is 2. The van der Waals surface area contributed by atoms with Gasteiger partial charge in [0.05, 0.1) is 10.9 Å². The molecule has 2 aromatic rings. The van der Waals surface area contributed by atoms with Gasteiger partial charge in [0.2, 0.25) is 0 Å². The molecule has 1 aromatic heterocycles. The van der Waals surface area contributed by atoms with Crippen molar-refractivity contribution in [2.45, 2.75) is 12.5 Å². The monoisotopic (exact) mass is 278 g/mol. The van der Waals surface area contributed by atoms with Gasteiger partial charge in [0.1, 0.15) is 0 Å². The van der Waals surface area contributed by atoms with Crippen LogP contribution in [0.3, 0.4) is 0 Å². The van der Waals surface area contributed by atoms with Crippen molar-refractivity contribution in [2.75, 3.05) is 6.54 Å². The van der Waals surface area contributed by atoms with Crippen molar-refractivity contribution in [2.24, 2.45) is 13.0 Å². The number of aryl methyl sites for hydroxylation is 1. The van der Waals surface area contributed by atoms with E-state index in [0.29, 0.717) is 13.0 Å². The molecule has 100 valence electrons. The van der Waals surface area contributed by atoms with Crippen molar-refractivity contribution in [3.63, 3.8) is 0 Å². The molecule has 2 atom stereocenters. The van der Waals surface area contributed by atoms with Crippen LogP contribution < -0.4 is 5.32 Å². The average molecular weight is 279 g/mol. The van der Waals surface area contributed by atoms with Crippen LogP contribution in [0.2, 0.25) is 5.02 Å². The molecule has 0 aliphatic carbocycles. The van der Waals surface area contributed by atoms with Crippen molar-refractivity contribution in [1.29, 1.82) is 0 Å². The van der Waals surface area contributed by atoms with Crippen molar-refractivity contribution in [3.8, 4) is 0 Å². The van der Waals surface area contributed by atoms with Gasteiger partial charge in [-0.1, -0.05) is 23.7 Å². The van der Waals surface area contributed by atoms with E-state index in [1.165, 1.54) is 0 Å². The first-order valence-corrected chi connectivity index (χ1v) is 6.64. The molecule has 2 N–H and O–H groups in total. The Hall–Kier alpha value is -1.52. The van der Waals surface area contributed by atoms with E-state index in [1.807, 2.05) is 29.9 Å². The highest BCUT2D eigenvalue weighted by atomic mass is 35.5. The Balaban J connectivity index is 1.94. The largest absolute Gasteiger partial charge is 0.481 e. The number of aromatic nitrogens is 1. The molecule has 2 unspecified atom stereocenters. The van der Waals surface area contributed by atoms with Crippen LogP contribution in [0.4, 0.5) is 0 Å². The minimum atomic E-state index is -0.724. The zero-order valence-electron chi connectivity index (χ0n) is 10.6. The lowest BCUT2D eigenvalue weighted by atomic mass is 9.99. The fourth-order valence-electron chi connectivity index (χ4n) is 2.75. The smallest absolute Gasteiger partial charge is 0.307 e. The van der Waals surface area contributed by atoms with Gasteiger partial charge in [0.15, 0.2) is 0 Å². The zero-order chi connectivity index (χ0) is 13.6. The number of carbonyl (C=O) groups is 1. The van der Waals surface area contributed by atoms with E-state index in [-0.39, 0.29) is 12.0 Å². The van der Waals surface area contributed by atoms with Crippen LogP contribution in [-0.2, 0) is 11.8 Å². The normalized spacial score (nSPS) is 23.1. The number of halogens is 1. The van der Waals surface area contributed by atoms with E-state index >= 15 is 0 Å². The first kappa shape index (κ1) is 12.5. The molecule has 1 fully saturated rings. The average Bonchev–Trinajstić information content (AvgIpc) is 2.96. The predicted octanol–water partition coefficient (Wildman–Crippen LogP) is 2.57. The first-order chi connectivity index (χ1) is 9.06. The van der Waals surface area contributed by atoms with E-state index in [1.54, 1.807) is 0 Å². The molecule has 1 saturated heterocycles. The molecule has 5 heteroatoms. The van der Waals surface area contributed by atoms with Gasteiger partial charge < -0.3 is 15.0 Å². The van der Waals surface area contributed by atoms with Crippen LogP contribution in [-0.4, -0.2) is 22.2 Å². The van der Waals surface area contributed by atoms with Crippen LogP contribution in [0, 0.1) is 5.92 Å². The summed E-state index contributed by atoms with van der Waals surface area (Å²) < 4.78 is 1.99. The Kier molecular flexibility index (Phi) is 2.99. The molecule has 0 saturated carbocycles. The summed E-state index contributed by atoms with van der Waals surface area (Å²) in [6.07, 6.45) is 2.52. The maximum Gasteiger partial charge on any atom is 0.307 e. The molecule has 1 aromatic carbocycles. The third kappa shape index (κ3) is 2.11. The predicted molar refractivity (Wildman–Crippen MR) is 74.4 cm³/mol. The van der Waals surface area contributed by atoms with Crippen LogP contribution in [0.25, 0.3) is 10.9 Å². The number of nitrogens with zero attached hydrogens (tertiary/aromatic N) is 1. The Morgan fingerprint density at radius 2 is 2.32 bits per heavy atom. The lowest BCUT2D eigenvalue weighted by Crippen LogP contribution is -2.17. The molecular formula is C14H15ClN2O2. The number of carboxylic acids is 1. The highest BCUT2D eigenvalue weighted by Crippen LogP contribution is 2.32. The molecule has 2 heterocycles. The molecule has 1 aliphatic rings. The lowest BCUT2D eigenvalue weighted by molar-refractivity contribution is -0.141. The van der Waals surface area contributed by atoms with Crippen molar-refractivity contribution < 1.29 is 9.90 Å². The standard InChI is InChI=1S/C14H15ClN2O2/c1-17-7-11(15)10-3-2-8(5-13(10)17)12-4-9(6-16-12)14(18)19/h2-3,5,7,9,12,16H,4,6H2,1H3,(H,18,19). The molecule has 3 rings (SSSR count). The summed E-state index contributed by atoms with van der Waals surface area (Å²) in [5.41, 5.74) is 2.19. The summed E-state index contributed by atoms with van der Waals surface area (Å²) in [6.45, 7) is 0.534. The zero-order valence-corrected chi connectivity index (χ0v) is 11.3. The molecule has 0 spiro atoms. The Labute approximate surface area is 116 Å². The second-order valence-electron chi connectivity index (χ2n) is 5.10. The van der Waals surface area contributed by atoms with E-state index in [2.05, 4.69) is 11.4 Å². The summed E-state index contributed by atoms with van der Waals surface area (Å²) >= 11 is 6.14. The van der Waals surface area contributed by atoms with Crippen LogP contribution >= 0.6 is 11.6 Å². The van der Waals surface area contributed by atoms with Gasteiger partial charge in [-0.15, -0.1) is 0 Å². The van der Waals surface area contributed by atoms with Crippen LogP contribution in [0.1, 0.15) is 18.0 Å². The van der Waals surface area contributed by atoms with E-state index in [4.69, 9.17) is 16.7 Å². The number of hydrogen-bond donors (Lipinski definition) is 2. The SMILES string of the molecule is Cn1cc(Cl)c2ccc(C3CC(C(=O)O)CN3)cc21. The van der Waals surface area contributed by atoms with Gasteiger partial charge in [-0.25, -0.2) is 0 Å². The van der Waals surface area contributed by atoms with Crippen molar-refractivity contribution in [3.05, 3.63) is 35.0 Å². The number of benzene rings is 1. The Bertz CT molecular complexity index is 650. The second kappa shape index (κ2) is 4.54. The molecule has 4 nitrogen and oxygen atoms in total. The van der Waals surface area contributed by atoms with E-state index < -0.39 is 5.97 Å². The topological polar surface area (TPSA) is 54.3 Å². The second-order valence-corrected chi connectivity index (χ2v) is 5.50. The highest BCUT2D eigenvalue weighted by Gasteiger charge is 2.30. The Morgan fingerprint density at radius 1 is 1.53 bits per heavy atom. The van der Waals surface area contributed by atoms with Gasteiger partial charge >= 0.3 is 5.97 Å². The molecular weight excluding hydrogens is 264 g/mol. The number of rotatable bonds is 2. The number of fused-ring (bicyclic) bond motifs is 1. The molecule has 19 heavy (non-hydrogen) atoms. The number of carboxylic acid groups (broad SMARTS) is 1. The van der Waals surface area contributed by atoms with Gasteiger partial charge in [-0.05, 0) is 18.1 Å². The van der Waals surface area contributed by atoms with Gasteiger partial charge in [0.25, 0.3) is 0 Å². The summed E-state index contributed by atoms with van der Waals surface area (Å²) in [5, 5.41) is 14.1.